The largest absolute Gasteiger partial charge is 0.455 e. The van der Waals surface area contributed by atoms with E-state index >= 15 is 0 Å². The van der Waals surface area contributed by atoms with Gasteiger partial charge in [0.2, 0.25) is 0 Å². The first-order valence-corrected chi connectivity index (χ1v) is 19.5. The van der Waals surface area contributed by atoms with Gasteiger partial charge in [-0.1, -0.05) is 152 Å². The molecule has 0 aliphatic heterocycles. The molecule has 0 atom stereocenters. The summed E-state index contributed by atoms with van der Waals surface area (Å²) in [6.07, 6.45) is 0. The van der Waals surface area contributed by atoms with Crippen LogP contribution in [0.15, 0.2) is 205 Å². The minimum absolute atomic E-state index is 0.885. The lowest BCUT2D eigenvalue weighted by Crippen LogP contribution is -2.11. The average Bonchev–Trinajstić information content (AvgIpc) is 3.84. The van der Waals surface area contributed by atoms with Gasteiger partial charge in [-0.15, -0.1) is 11.3 Å². The van der Waals surface area contributed by atoms with Gasteiger partial charge < -0.3 is 9.32 Å². The van der Waals surface area contributed by atoms with Gasteiger partial charge in [-0.25, -0.2) is 0 Å². The summed E-state index contributed by atoms with van der Waals surface area (Å²) in [6.45, 7) is 0. The van der Waals surface area contributed by atoms with Gasteiger partial charge in [-0.05, 0) is 81.7 Å². The second-order valence-electron chi connectivity index (χ2n) is 14.0. The van der Waals surface area contributed by atoms with E-state index in [4.69, 9.17) is 4.42 Å². The molecule has 0 fully saturated rings. The Morgan fingerprint density at radius 1 is 0.400 bits per heavy atom. The zero-order valence-electron chi connectivity index (χ0n) is 29.8. The number of nitrogens with zero attached hydrogens (tertiary/aromatic N) is 1. The Kier molecular flexibility index (Phi) is 7.39. The molecule has 0 saturated carbocycles. The van der Waals surface area contributed by atoms with Crippen LogP contribution in [0.4, 0.5) is 17.1 Å². The molecule has 9 aromatic carbocycles. The molecule has 0 bridgehead atoms. The van der Waals surface area contributed by atoms with E-state index in [0.29, 0.717) is 0 Å². The van der Waals surface area contributed by atoms with Gasteiger partial charge in [0.05, 0.1) is 5.69 Å². The lowest BCUT2D eigenvalue weighted by Gasteiger charge is -2.28. The third kappa shape index (κ3) is 5.24. The highest BCUT2D eigenvalue weighted by atomic mass is 32.1. The first-order valence-electron chi connectivity index (χ1n) is 18.7. The molecule has 0 aliphatic rings. The van der Waals surface area contributed by atoms with Gasteiger partial charge in [0.25, 0.3) is 0 Å². The number of fused-ring (bicyclic) bond motifs is 8. The molecule has 0 N–H and O–H groups in total. The number of anilines is 3. The predicted octanol–water partition coefficient (Wildman–Crippen LogP) is 15.6. The van der Waals surface area contributed by atoms with Crippen molar-refractivity contribution in [2.75, 3.05) is 4.90 Å². The first-order chi connectivity index (χ1) is 27.3. The van der Waals surface area contributed by atoms with Crippen molar-refractivity contribution >= 4 is 81.3 Å². The van der Waals surface area contributed by atoms with E-state index in [1.54, 1.807) is 0 Å². The van der Waals surface area contributed by atoms with Crippen molar-refractivity contribution in [3.63, 3.8) is 0 Å². The van der Waals surface area contributed by atoms with Crippen LogP contribution in [0.2, 0.25) is 0 Å². The highest BCUT2D eigenvalue weighted by Gasteiger charge is 2.21. The Morgan fingerprint density at radius 3 is 2.00 bits per heavy atom. The van der Waals surface area contributed by atoms with Crippen molar-refractivity contribution < 1.29 is 4.42 Å². The molecule has 55 heavy (non-hydrogen) atoms. The summed E-state index contributed by atoms with van der Waals surface area (Å²) >= 11 is 1.87. The monoisotopic (exact) mass is 719 g/mol. The fourth-order valence-corrected chi connectivity index (χ4v) is 9.56. The Labute approximate surface area is 322 Å². The van der Waals surface area contributed by atoms with Crippen LogP contribution < -0.4 is 4.90 Å². The van der Waals surface area contributed by atoms with Gasteiger partial charge in [0.1, 0.15) is 11.2 Å². The Balaban J connectivity index is 1.11. The number of rotatable bonds is 6. The van der Waals surface area contributed by atoms with E-state index in [1.807, 2.05) is 11.3 Å². The minimum Gasteiger partial charge on any atom is -0.455 e. The van der Waals surface area contributed by atoms with Crippen molar-refractivity contribution in [2.24, 2.45) is 0 Å². The maximum Gasteiger partial charge on any atom is 0.143 e. The average molecular weight is 720 g/mol. The molecule has 11 rings (SSSR count). The summed E-state index contributed by atoms with van der Waals surface area (Å²) in [5, 5.41) is 7.17. The van der Waals surface area contributed by atoms with E-state index in [9.17, 15) is 0 Å². The highest BCUT2D eigenvalue weighted by molar-refractivity contribution is 7.26. The molecule has 0 amide bonds. The molecule has 0 radical (unpaired) electrons. The number of para-hydroxylation sites is 1. The quantitative estimate of drug-likeness (QED) is 0.170. The van der Waals surface area contributed by atoms with Crippen LogP contribution in [0.5, 0.6) is 0 Å². The SMILES string of the molecule is c1ccc(-c2cccc(N(c3ccc(-c4cccc5c4sc4ccccc45)cc3)c3ccccc3-c3cccc4oc5c6ccccc6ccc5c34)c2)cc1. The summed E-state index contributed by atoms with van der Waals surface area (Å²) < 4.78 is 9.29. The van der Waals surface area contributed by atoms with Gasteiger partial charge in [0, 0.05) is 53.3 Å². The van der Waals surface area contributed by atoms with Crippen LogP contribution in [0.1, 0.15) is 0 Å². The van der Waals surface area contributed by atoms with Crippen molar-refractivity contribution in [2.45, 2.75) is 0 Å². The van der Waals surface area contributed by atoms with Crippen LogP contribution >= 0.6 is 11.3 Å². The number of hydrogen-bond donors (Lipinski definition) is 0. The summed E-state index contributed by atoms with van der Waals surface area (Å²) in [5.74, 6) is 0. The zero-order valence-corrected chi connectivity index (χ0v) is 30.6. The molecule has 0 saturated heterocycles. The van der Waals surface area contributed by atoms with Crippen LogP contribution in [0, 0.1) is 0 Å². The molecule has 0 spiro atoms. The zero-order chi connectivity index (χ0) is 36.3. The lowest BCUT2D eigenvalue weighted by atomic mass is 9.95. The standard InChI is InChI=1S/C52H33NOS/c1-2-13-34(14-3-1)37-16-10-17-39(33-37)53(38-30-27-36(28-31-38)41-21-11-23-45-43-20-7-9-26-49(43)55-52(41)45)47-24-8-6-19-42(47)44-22-12-25-48-50(44)46-32-29-35-15-4-5-18-40(35)51(46)54-48/h1-33H. The lowest BCUT2D eigenvalue weighted by molar-refractivity contribution is 0.673. The molecule has 3 heteroatoms. The van der Waals surface area contributed by atoms with Gasteiger partial charge >= 0.3 is 0 Å². The van der Waals surface area contributed by atoms with Crippen molar-refractivity contribution in [3.8, 4) is 33.4 Å². The molecule has 0 aliphatic carbocycles. The molecule has 2 nitrogen and oxygen atoms in total. The highest BCUT2D eigenvalue weighted by Crippen LogP contribution is 2.47. The van der Waals surface area contributed by atoms with Crippen molar-refractivity contribution in [1.29, 1.82) is 0 Å². The van der Waals surface area contributed by atoms with Crippen LogP contribution in [0.25, 0.3) is 86.3 Å². The molecule has 258 valence electrons. The van der Waals surface area contributed by atoms with Crippen molar-refractivity contribution in [1.82, 2.24) is 0 Å². The van der Waals surface area contributed by atoms with E-state index in [0.717, 1.165) is 55.5 Å². The van der Waals surface area contributed by atoms with Crippen LogP contribution in [-0.4, -0.2) is 0 Å². The molecular weight excluding hydrogens is 687 g/mol. The number of thiophene rings is 1. The first kappa shape index (κ1) is 31.6. The van der Waals surface area contributed by atoms with Crippen LogP contribution in [-0.2, 0) is 0 Å². The molecule has 0 unspecified atom stereocenters. The van der Waals surface area contributed by atoms with E-state index < -0.39 is 0 Å². The summed E-state index contributed by atoms with van der Waals surface area (Å²) in [4.78, 5) is 2.40. The Hall–Kier alpha value is -6.94. The molecule has 2 heterocycles. The molecule has 2 aromatic heterocycles. The maximum atomic E-state index is 6.65. The van der Waals surface area contributed by atoms with E-state index in [-0.39, 0.29) is 0 Å². The second-order valence-corrected chi connectivity index (χ2v) is 15.1. The second kappa shape index (κ2) is 12.9. The van der Waals surface area contributed by atoms with Crippen LogP contribution in [0.3, 0.4) is 0 Å². The van der Waals surface area contributed by atoms with Gasteiger partial charge in [-0.2, -0.15) is 0 Å². The van der Waals surface area contributed by atoms with E-state index in [2.05, 4.69) is 205 Å². The molecule has 11 aromatic rings. The summed E-state index contributed by atoms with van der Waals surface area (Å²) in [5.41, 5.74) is 12.2. The minimum atomic E-state index is 0.885. The fourth-order valence-electron chi connectivity index (χ4n) is 8.32. The normalized spacial score (nSPS) is 11.6. The topological polar surface area (TPSA) is 16.4 Å². The predicted molar refractivity (Wildman–Crippen MR) is 235 cm³/mol. The number of hydrogen-bond acceptors (Lipinski definition) is 3. The number of benzene rings is 9. The maximum absolute atomic E-state index is 6.65. The summed E-state index contributed by atoms with van der Waals surface area (Å²) in [6, 6.07) is 72.1. The number of furan rings is 1. The summed E-state index contributed by atoms with van der Waals surface area (Å²) in [7, 11) is 0. The fraction of sp³-hybridized carbons (Fsp3) is 0. The third-order valence-corrected chi connectivity index (χ3v) is 12.1. The molecular formula is C52H33NOS. The van der Waals surface area contributed by atoms with Crippen molar-refractivity contribution in [3.05, 3.63) is 200 Å². The Morgan fingerprint density at radius 2 is 1.09 bits per heavy atom. The van der Waals surface area contributed by atoms with E-state index in [1.165, 1.54) is 47.8 Å². The smallest absolute Gasteiger partial charge is 0.143 e. The third-order valence-electron chi connectivity index (χ3n) is 10.9. The van der Waals surface area contributed by atoms with Gasteiger partial charge in [-0.3, -0.25) is 0 Å². The van der Waals surface area contributed by atoms with Gasteiger partial charge in [0.15, 0.2) is 0 Å². The Bertz CT molecular complexity index is 3210.